The molecule has 0 radical (unpaired) electrons. The van der Waals surface area contributed by atoms with Gasteiger partial charge < -0.3 is 10.2 Å². The highest BCUT2D eigenvalue weighted by Gasteiger charge is 2.41. The summed E-state index contributed by atoms with van der Waals surface area (Å²) in [5, 5.41) is 5.38. The molecule has 0 aromatic carbocycles. The first-order valence-corrected chi connectivity index (χ1v) is 6.71. The Kier molecular flexibility index (Phi) is 2.48. The van der Waals surface area contributed by atoms with E-state index < -0.39 is 0 Å². The van der Waals surface area contributed by atoms with Crippen molar-refractivity contribution in [1.82, 2.24) is 10.2 Å². The molecule has 2 fully saturated rings. The van der Waals surface area contributed by atoms with E-state index in [1.54, 1.807) is 11.3 Å². The van der Waals surface area contributed by atoms with Gasteiger partial charge in [-0.1, -0.05) is 6.07 Å². The van der Waals surface area contributed by atoms with Crippen LogP contribution in [0.5, 0.6) is 0 Å². The van der Waals surface area contributed by atoms with Gasteiger partial charge in [0.05, 0.1) is 4.88 Å². The Morgan fingerprint density at radius 1 is 1.50 bits per heavy atom. The van der Waals surface area contributed by atoms with Crippen molar-refractivity contribution < 1.29 is 4.79 Å². The third-order valence-corrected chi connectivity index (χ3v) is 4.65. The van der Waals surface area contributed by atoms with Crippen LogP contribution in [-0.4, -0.2) is 37.0 Å². The molecule has 1 amide bonds. The minimum atomic E-state index is 0.221. The standard InChI is InChI=1S/C12H16N2OS/c15-11(10-2-1-7-16-10)14-6-4-12(9-14)3-5-13-8-12/h1-2,7,13H,3-6,8-9H2. The summed E-state index contributed by atoms with van der Waals surface area (Å²) < 4.78 is 0. The molecule has 1 atom stereocenters. The lowest BCUT2D eigenvalue weighted by molar-refractivity contribution is 0.0780. The van der Waals surface area contributed by atoms with Crippen molar-refractivity contribution in [2.45, 2.75) is 12.8 Å². The number of nitrogens with zero attached hydrogens (tertiary/aromatic N) is 1. The van der Waals surface area contributed by atoms with Gasteiger partial charge in [0.1, 0.15) is 0 Å². The largest absolute Gasteiger partial charge is 0.337 e. The fourth-order valence-electron chi connectivity index (χ4n) is 2.81. The molecule has 86 valence electrons. The van der Waals surface area contributed by atoms with E-state index in [2.05, 4.69) is 5.32 Å². The maximum absolute atomic E-state index is 12.2. The molecular weight excluding hydrogens is 220 g/mol. The summed E-state index contributed by atoms with van der Waals surface area (Å²) in [4.78, 5) is 15.1. The molecule has 0 saturated carbocycles. The summed E-state index contributed by atoms with van der Waals surface area (Å²) in [5.41, 5.74) is 0.382. The molecule has 0 bridgehead atoms. The van der Waals surface area contributed by atoms with Crippen molar-refractivity contribution in [2.24, 2.45) is 5.41 Å². The molecule has 2 saturated heterocycles. The number of nitrogens with one attached hydrogen (secondary N) is 1. The van der Waals surface area contributed by atoms with Crippen LogP contribution in [0.2, 0.25) is 0 Å². The van der Waals surface area contributed by atoms with Gasteiger partial charge in [-0.3, -0.25) is 4.79 Å². The van der Waals surface area contributed by atoms with Gasteiger partial charge in [-0.25, -0.2) is 0 Å². The van der Waals surface area contributed by atoms with Crippen LogP contribution in [0, 0.1) is 5.41 Å². The van der Waals surface area contributed by atoms with Gasteiger partial charge in [0, 0.05) is 25.0 Å². The Bertz CT molecular complexity index is 382. The second kappa shape index (κ2) is 3.86. The zero-order valence-corrected chi connectivity index (χ0v) is 10.1. The molecule has 1 N–H and O–H groups in total. The minimum Gasteiger partial charge on any atom is -0.337 e. The van der Waals surface area contributed by atoms with Crippen molar-refractivity contribution in [1.29, 1.82) is 0 Å². The van der Waals surface area contributed by atoms with Crippen LogP contribution >= 0.6 is 11.3 Å². The summed E-state index contributed by atoms with van der Waals surface area (Å²) >= 11 is 1.54. The Morgan fingerprint density at radius 3 is 3.12 bits per heavy atom. The predicted octanol–water partition coefficient (Wildman–Crippen LogP) is 1.57. The third-order valence-electron chi connectivity index (χ3n) is 3.79. The van der Waals surface area contributed by atoms with Crippen molar-refractivity contribution in [3.63, 3.8) is 0 Å². The van der Waals surface area contributed by atoms with Crippen molar-refractivity contribution >= 4 is 17.2 Å². The first kappa shape index (κ1) is 10.3. The molecule has 1 unspecified atom stereocenters. The third kappa shape index (κ3) is 1.66. The second-order valence-corrected chi connectivity index (χ2v) is 5.83. The molecule has 2 aliphatic rings. The van der Waals surface area contributed by atoms with E-state index in [-0.39, 0.29) is 5.91 Å². The van der Waals surface area contributed by atoms with Crippen LogP contribution in [0.15, 0.2) is 17.5 Å². The van der Waals surface area contributed by atoms with Gasteiger partial charge >= 0.3 is 0 Å². The van der Waals surface area contributed by atoms with Crippen LogP contribution in [0.3, 0.4) is 0 Å². The SMILES string of the molecule is O=C(c1cccs1)N1CCC2(CCNC2)C1. The Labute approximate surface area is 99.5 Å². The average Bonchev–Trinajstić information content (AvgIpc) is 3.01. The summed E-state index contributed by atoms with van der Waals surface area (Å²) in [6, 6.07) is 3.87. The van der Waals surface area contributed by atoms with Gasteiger partial charge in [0.15, 0.2) is 0 Å². The number of carbonyl (C=O) groups excluding carboxylic acids is 1. The lowest BCUT2D eigenvalue weighted by Gasteiger charge is -2.22. The highest BCUT2D eigenvalue weighted by atomic mass is 32.1. The number of rotatable bonds is 1. The van der Waals surface area contributed by atoms with Crippen LogP contribution in [0.4, 0.5) is 0 Å². The number of hydrogen-bond donors (Lipinski definition) is 1. The predicted molar refractivity (Wildman–Crippen MR) is 64.8 cm³/mol. The molecule has 3 rings (SSSR count). The monoisotopic (exact) mass is 236 g/mol. The summed E-state index contributed by atoms with van der Waals surface area (Å²) in [6.07, 6.45) is 2.39. The number of amides is 1. The molecule has 3 heterocycles. The first-order valence-electron chi connectivity index (χ1n) is 5.83. The number of hydrogen-bond acceptors (Lipinski definition) is 3. The zero-order valence-electron chi connectivity index (χ0n) is 9.24. The number of carbonyl (C=O) groups is 1. The Hall–Kier alpha value is -0.870. The molecule has 2 aliphatic heterocycles. The molecule has 1 aromatic rings. The topological polar surface area (TPSA) is 32.3 Å². The van der Waals surface area contributed by atoms with E-state index in [0.29, 0.717) is 5.41 Å². The van der Waals surface area contributed by atoms with Gasteiger partial charge in [-0.15, -0.1) is 11.3 Å². The molecule has 16 heavy (non-hydrogen) atoms. The van der Waals surface area contributed by atoms with Crippen LogP contribution in [-0.2, 0) is 0 Å². The van der Waals surface area contributed by atoms with E-state index in [1.807, 2.05) is 22.4 Å². The van der Waals surface area contributed by atoms with E-state index in [0.717, 1.165) is 37.5 Å². The molecule has 3 nitrogen and oxygen atoms in total. The second-order valence-electron chi connectivity index (χ2n) is 4.88. The van der Waals surface area contributed by atoms with Crippen molar-refractivity contribution in [2.75, 3.05) is 26.2 Å². The maximum atomic E-state index is 12.2. The number of likely N-dealkylation sites (tertiary alicyclic amines) is 1. The molecular formula is C12H16N2OS. The minimum absolute atomic E-state index is 0.221. The molecule has 1 spiro atoms. The lowest BCUT2D eigenvalue weighted by atomic mass is 9.87. The quantitative estimate of drug-likeness (QED) is 0.803. The fraction of sp³-hybridized carbons (Fsp3) is 0.583. The summed E-state index contributed by atoms with van der Waals surface area (Å²) in [6.45, 7) is 4.07. The average molecular weight is 236 g/mol. The van der Waals surface area contributed by atoms with Gasteiger partial charge in [-0.05, 0) is 30.8 Å². The summed E-state index contributed by atoms with van der Waals surface area (Å²) in [7, 11) is 0. The maximum Gasteiger partial charge on any atom is 0.263 e. The first-order chi connectivity index (χ1) is 7.79. The normalized spacial score (nSPS) is 29.1. The van der Waals surface area contributed by atoms with Crippen LogP contribution in [0.1, 0.15) is 22.5 Å². The van der Waals surface area contributed by atoms with Crippen LogP contribution < -0.4 is 5.32 Å². The lowest BCUT2D eigenvalue weighted by Crippen LogP contribution is -2.32. The van der Waals surface area contributed by atoms with Gasteiger partial charge in [0.25, 0.3) is 5.91 Å². The summed E-state index contributed by atoms with van der Waals surface area (Å²) in [5.74, 6) is 0.221. The van der Waals surface area contributed by atoms with E-state index in [1.165, 1.54) is 6.42 Å². The van der Waals surface area contributed by atoms with E-state index in [4.69, 9.17) is 0 Å². The van der Waals surface area contributed by atoms with E-state index >= 15 is 0 Å². The highest BCUT2D eigenvalue weighted by Crippen LogP contribution is 2.36. The van der Waals surface area contributed by atoms with Crippen molar-refractivity contribution in [3.8, 4) is 0 Å². The molecule has 4 heteroatoms. The smallest absolute Gasteiger partial charge is 0.263 e. The Balaban J connectivity index is 1.72. The fourth-order valence-corrected chi connectivity index (χ4v) is 3.50. The van der Waals surface area contributed by atoms with Crippen molar-refractivity contribution in [3.05, 3.63) is 22.4 Å². The number of thiophene rings is 1. The molecule has 0 aliphatic carbocycles. The van der Waals surface area contributed by atoms with Gasteiger partial charge in [0.2, 0.25) is 0 Å². The van der Waals surface area contributed by atoms with E-state index in [9.17, 15) is 4.79 Å². The zero-order chi connectivity index (χ0) is 11.0. The Morgan fingerprint density at radius 2 is 2.44 bits per heavy atom. The molecule has 1 aromatic heterocycles. The van der Waals surface area contributed by atoms with Crippen LogP contribution in [0.25, 0.3) is 0 Å². The highest BCUT2D eigenvalue weighted by molar-refractivity contribution is 7.12. The van der Waals surface area contributed by atoms with Gasteiger partial charge in [-0.2, -0.15) is 0 Å².